The molecule has 3 heterocycles. The van der Waals surface area contributed by atoms with Crippen molar-refractivity contribution in [3.8, 4) is 11.1 Å². The van der Waals surface area contributed by atoms with Gasteiger partial charge in [-0.3, -0.25) is 19.3 Å². The van der Waals surface area contributed by atoms with Gasteiger partial charge in [0.1, 0.15) is 23.8 Å². The smallest absolute Gasteiger partial charge is 0.305 e. The van der Waals surface area contributed by atoms with Crippen LogP contribution in [0.2, 0.25) is 0 Å². The van der Waals surface area contributed by atoms with E-state index in [9.17, 15) is 28.3 Å². The van der Waals surface area contributed by atoms with Gasteiger partial charge in [0.25, 0.3) is 5.56 Å². The largest absolute Gasteiger partial charge is 0.481 e. The molecule has 0 spiro atoms. The molecule has 1 aliphatic carbocycles. The standard InChI is InChI=1S/C38H45F3N4O4/c1-22-14-27(39)16-25-8-6-4-3-5-7-9-33(45-38(49)23(2)15-29(43-45)12-13-44-20-28(40)21-44)37(48)42-32(19-34(46)47)31-18-26(35(22)25)17-30(36(31)41)24-10-11-24/h14-18,24,28,32-33H,3-13,19-21H2,1-2H3,(H,42,48)(H,46,47)/t32-,33-/m0/s1. The van der Waals surface area contributed by atoms with E-state index in [0.29, 0.717) is 66.8 Å². The Kier molecular flexibility index (Phi) is 10.6. The molecule has 1 amide bonds. The number of amides is 1. The summed E-state index contributed by atoms with van der Waals surface area (Å²) >= 11 is 0. The number of carbonyl (C=O) groups is 2. The fourth-order valence-corrected chi connectivity index (χ4v) is 7.41. The monoisotopic (exact) mass is 678 g/mol. The molecule has 2 aromatic carbocycles. The second kappa shape index (κ2) is 14.9. The second-order valence-corrected chi connectivity index (χ2v) is 14.2. The third-order valence-electron chi connectivity index (χ3n) is 10.2. The van der Waals surface area contributed by atoms with E-state index in [1.54, 1.807) is 25.1 Å². The Labute approximate surface area is 284 Å². The third kappa shape index (κ3) is 8.09. The van der Waals surface area contributed by atoms with Crippen molar-refractivity contribution in [1.29, 1.82) is 0 Å². The van der Waals surface area contributed by atoms with Gasteiger partial charge in [-0.2, -0.15) is 5.10 Å². The van der Waals surface area contributed by atoms with Crippen molar-refractivity contribution in [1.82, 2.24) is 20.0 Å². The SMILES string of the molecule is Cc1cc(F)cc2c1-c1cc(C3CC3)c(F)c(c1)[C@H](CC(=O)O)NC(=O)[C@@H](n1nc(CCN3CC(F)C3)cc(C)c1=O)CCCCCCC2. The Morgan fingerprint density at radius 1 is 0.939 bits per heavy atom. The van der Waals surface area contributed by atoms with Crippen LogP contribution >= 0.6 is 0 Å². The number of benzene rings is 2. The summed E-state index contributed by atoms with van der Waals surface area (Å²) in [6, 6.07) is 5.81. The number of likely N-dealkylation sites (tertiary alicyclic amines) is 1. The zero-order valence-electron chi connectivity index (χ0n) is 28.2. The van der Waals surface area contributed by atoms with Crippen molar-refractivity contribution in [2.75, 3.05) is 19.6 Å². The van der Waals surface area contributed by atoms with Crippen molar-refractivity contribution >= 4 is 11.9 Å². The Morgan fingerprint density at radius 2 is 1.65 bits per heavy atom. The molecule has 3 aromatic rings. The molecule has 8 nitrogen and oxygen atoms in total. The molecule has 1 saturated carbocycles. The third-order valence-corrected chi connectivity index (χ3v) is 10.2. The average molecular weight is 679 g/mol. The van der Waals surface area contributed by atoms with Crippen molar-refractivity contribution < 1.29 is 27.9 Å². The highest BCUT2D eigenvalue weighted by atomic mass is 19.1. The van der Waals surface area contributed by atoms with E-state index >= 15 is 4.39 Å². The van der Waals surface area contributed by atoms with Crippen LogP contribution in [0.1, 0.15) is 109 Å². The van der Waals surface area contributed by atoms with Crippen LogP contribution < -0.4 is 10.9 Å². The van der Waals surface area contributed by atoms with E-state index < -0.39 is 47.9 Å². The Balaban J connectivity index is 1.42. The molecule has 6 rings (SSSR count). The summed E-state index contributed by atoms with van der Waals surface area (Å²) < 4.78 is 45.7. The number of carboxylic acids is 1. The maximum Gasteiger partial charge on any atom is 0.305 e. The molecule has 2 N–H and O–H groups in total. The lowest BCUT2D eigenvalue weighted by molar-refractivity contribution is -0.138. The fraction of sp³-hybridized carbons (Fsp3) is 0.526. The first kappa shape index (κ1) is 34.9. The number of nitrogens with zero attached hydrogens (tertiary/aromatic N) is 3. The van der Waals surface area contributed by atoms with Gasteiger partial charge in [0.2, 0.25) is 5.91 Å². The van der Waals surface area contributed by atoms with Gasteiger partial charge >= 0.3 is 5.97 Å². The molecule has 2 aliphatic heterocycles. The summed E-state index contributed by atoms with van der Waals surface area (Å²) in [5.41, 5.74) is 4.10. The highest BCUT2D eigenvalue weighted by Gasteiger charge is 2.34. The van der Waals surface area contributed by atoms with Crippen molar-refractivity contribution in [3.05, 3.63) is 85.8 Å². The van der Waals surface area contributed by atoms with E-state index in [1.165, 1.54) is 16.8 Å². The molecule has 262 valence electrons. The van der Waals surface area contributed by atoms with Gasteiger partial charge in [-0.15, -0.1) is 0 Å². The highest BCUT2D eigenvalue weighted by Crippen LogP contribution is 2.45. The van der Waals surface area contributed by atoms with Crippen LogP contribution in [-0.4, -0.2) is 57.5 Å². The maximum absolute atomic E-state index is 16.4. The molecule has 49 heavy (non-hydrogen) atoms. The van der Waals surface area contributed by atoms with Crippen LogP contribution in [0.5, 0.6) is 0 Å². The van der Waals surface area contributed by atoms with Gasteiger partial charge in [0.05, 0.1) is 18.2 Å². The predicted octanol–water partition coefficient (Wildman–Crippen LogP) is 6.65. The second-order valence-electron chi connectivity index (χ2n) is 14.2. The molecule has 1 aromatic heterocycles. The lowest BCUT2D eigenvalue weighted by Gasteiger charge is -2.34. The lowest BCUT2D eigenvalue weighted by Crippen LogP contribution is -2.49. The summed E-state index contributed by atoms with van der Waals surface area (Å²) in [4.78, 5) is 41.9. The summed E-state index contributed by atoms with van der Waals surface area (Å²) in [5.74, 6) is -2.74. The van der Waals surface area contributed by atoms with Crippen molar-refractivity contribution in [3.63, 3.8) is 0 Å². The van der Waals surface area contributed by atoms with Crippen LogP contribution in [0.25, 0.3) is 11.1 Å². The van der Waals surface area contributed by atoms with Crippen LogP contribution in [0.4, 0.5) is 13.2 Å². The first-order chi connectivity index (χ1) is 23.5. The van der Waals surface area contributed by atoms with E-state index in [1.807, 2.05) is 11.8 Å². The Morgan fingerprint density at radius 3 is 2.37 bits per heavy atom. The minimum absolute atomic E-state index is 0.0250. The molecule has 0 radical (unpaired) electrons. The normalized spacial score (nSPS) is 21.1. The van der Waals surface area contributed by atoms with Crippen molar-refractivity contribution in [2.45, 2.75) is 109 Å². The number of aryl methyl sites for hydroxylation is 3. The van der Waals surface area contributed by atoms with Gasteiger partial charge in [-0.1, -0.05) is 25.7 Å². The van der Waals surface area contributed by atoms with Gasteiger partial charge < -0.3 is 10.4 Å². The topological polar surface area (TPSA) is 105 Å². The fourth-order valence-electron chi connectivity index (χ4n) is 7.41. The van der Waals surface area contributed by atoms with Crippen LogP contribution in [0, 0.1) is 25.5 Å². The summed E-state index contributed by atoms with van der Waals surface area (Å²) in [5, 5.41) is 17.4. The number of aromatic nitrogens is 2. The zero-order valence-corrected chi connectivity index (χ0v) is 28.2. The summed E-state index contributed by atoms with van der Waals surface area (Å²) in [6.45, 7) is 4.77. The number of carboxylic acid groups (broad SMARTS) is 1. The van der Waals surface area contributed by atoms with Crippen LogP contribution in [-0.2, 0) is 22.4 Å². The Bertz CT molecular complexity index is 1780. The van der Waals surface area contributed by atoms with Gasteiger partial charge in [0.15, 0.2) is 0 Å². The molecule has 11 heteroatoms. The minimum atomic E-state index is -1.23. The molecule has 2 fully saturated rings. The number of rotatable bonds is 7. The average Bonchev–Trinajstić information content (AvgIpc) is 3.87. The number of halogens is 3. The van der Waals surface area contributed by atoms with Gasteiger partial charge in [0, 0.05) is 37.2 Å². The maximum atomic E-state index is 16.4. The molecule has 0 unspecified atom stereocenters. The van der Waals surface area contributed by atoms with Gasteiger partial charge in [-0.25, -0.2) is 17.9 Å². The summed E-state index contributed by atoms with van der Waals surface area (Å²) in [6.07, 6.45) is 5.51. The number of fused-ring (bicyclic) bond motifs is 4. The first-order valence-electron chi connectivity index (χ1n) is 17.6. The Hall–Kier alpha value is -3.99. The molecule has 2 bridgehead atoms. The number of nitrogens with one attached hydrogen (secondary N) is 1. The van der Waals surface area contributed by atoms with E-state index in [0.717, 1.165) is 49.7 Å². The van der Waals surface area contributed by atoms with Crippen molar-refractivity contribution in [2.24, 2.45) is 0 Å². The number of hydrogen-bond acceptors (Lipinski definition) is 5. The molecular weight excluding hydrogens is 633 g/mol. The molecule has 1 saturated heterocycles. The predicted molar refractivity (Wildman–Crippen MR) is 180 cm³/mol. The molecule has 2 atom stereocenters. The zero-order chi connectivity index (χ0) is 34.8. The first-order valence-corrected chi connectivity index (χ1v) is 17.6. The van der Waals surface area contributed by atoms with Crippen LogP contribution in [0.3, 0.4) is 0 Å². The quantitative estimate of drug-likeness (QED) is 0.290. The lowest BCUT2D eigenvalue weighted by atomic mass is 9.87. The molecular formula is C38H45F3N4O4. The number of alkyl halides is 1. The van der Waals surface area contributed by atoms with Crippen LogP contribution in [0.15, 0.2) is 35.1 Å². The number of hydrogen-bond donors (Lipinski definition) is 2. The summed E-state index contributed by atoms with van der Waals surface area (Å²) in [7, 11) is 0. The number of carbonyl (C=O) groups excluding carboxylic acids is 1. The minimum Gasteiger partial charge on any atom is -0.481 e. The van der Waals surface area contributed by atoms with E-state index in [4.69, 9.17) is 0 Å². The van der Waals surface area contributed by atoms with Gasteiger partial charge in [-0.05, 0) is 110 Å². The van der Waals surface area contributed by atoms with E-state index in [-0.39, 0.29) is 23.7 Å². The number of aliphatic carboxylic acids is 1. The van der Waals surface area contributed by atoms with E-state index in [2.05, 4.69) is 10.4 Å². The molecule has 3 aliphatic rings. The highest BCUT2D eigenvalue weighted by molar-refractivity contribution is 5.82.